The van der Waals surface area contributed by atoms with Crippen LogP contribution in [-0.4, -0.2) is 13.1 Å². The van der Waals surface area contributed by atoms with Crippen molar-refractivity contribution >= 4 is 28.3 Å². The van der Waals surface area contributed by atoms with E-state index in [-0.39, 0.29) is 16.9 Å². The Morgan fingerprint density at radius 2 is 1.86 bits per heavy atom. The fourth-order valence-electron chi connectivity index (χ4n) is 2.57. The van der Waals surface area contributed by atoms with Gasteiger partial charge < -0.3 is 18.6 Å². The molecule has 4 rings (SSSR count). The molecule has 4 aromatic rings. The van der Waals surface area contributed by atoms with Gasteiger partial charge in [0.15, 0.2) is 0 Å². The number of thiophene rings is 1. The van der Waals surface area contributed by atoms with Gasteiger partial charge in [-0.25, -0.2) is 4.79 Å². The van der Waals surface area contributed by atoms with Crippen LogP contribution in [0.1, 0.15) is 9.67 Å². The van der Waals surface area contributed by atoms with Gasteiger partial charge in [-0.15, -0.1) is 11.3 Å². The minimum atomic E-state index is -0.463. The number of ether oxygens (including phenoxy) is 3. The molecule has 7 heteroatoms. The molecule has 0 saturated heterocycles. The van der Waals surface area contributed by atoms with E-state index in [0.717, 1.165) is 0 Å². The van der Waals surface area contributed by atoms with E-state index in [0.29, 0.717) is 27.3 Å². The molecule has 0 atom stereocenters. The minimum Gasteiger partial charge on any atom is -0.497 e. The van der Waals surface area contributed by atoms with Crippen LogP contribution in [0.25, 0.3) is 11.0 Å². The first-order chi connectivity index (χ1) is 13.6. The summed E-state index contributed by atoms with van der Waals surface area (Å²) in [5.74, 6) is 0.932. The van der Waals surface area contributed by atoms with Gasteiger partial charge in [-0.3, -0.25) is 4.79 Å². The monoisotopic (exact) mass is 394 g/mol. The number of hydrogen-bond donors (Lipinski definition) is 0. The quantitative estimate of drug-likeness (QED) is 0.355. The van der Waals surface area contributed by atoms with Crippen molar-refractivity contribution in [2.45, 2.75) is 0 Å². The highest BCUT2D eigenvalue weighted by atomic mass is 32.1. The van der Waals surface area contributed by atoms with Crippen molar-refractivity contribution in [1.29, 1.82) is 0 Å². The van der Waals surface area contributed by atoms with Crippen molar-refractivity contribution in [3.63, 3.8) is 0 Å². The number of methoxy groups -OCH3 is 1. The summed E-state index contributed by atoms with van der Waals surface area (Å²) < 4.78 is 21.6. The van der Waals surface area contributed by atoms with Crippen molar-refractivity contribution in [3.8, 4) is 23.0 Å². The minimum absolute atomic E-state index is 0.0454. The molecule has 28 heavy (non-hydrogen) atoms. The van der Waals surface area contributed by atoms with Gasteiger partial charge in [0.1, 0.15) is 34.0 Å². The van der Waals surface area contributed by atoms with Crippen molar-refractivity contribution < 1.29 is 23.4 Å². The highest BCUT2D eigenvalue weighted by molar-refractivity contribution is 7.12. The highest BCUT2D eigenvalue weighted by Gasteiger charge is 2.13. The Labute approximate surface area is 163 Å². The van der Waals surface area contributed by atoms with E-state index in [1.807, 2.05) is 0 Å². The fraction of sp³-hybridized carbons (Fsp3) is 0.0476. The van der Waals surface area contributed by atoms with Gasteiger partial charge in [-0.1, -0.05) is 12.1 Å². The van der Waals surface area contributed by atoms with Crippen molar-refractivity contribution in [2.75, 3.05) is 7.11 Å². The first-order valence-corrected chi connectivity index (χ1v) is 9.15. The van der Waals surface area contributed by atoms with Gasteiger partial charge >= 0.3 is 5.97 Å². The van der Waals surface area contributed by atoms with Gasteiger partial charge in [-0.2, -0.15) is 0 Å². The zero-order chi connectivity index (χ0) is 19.5. The molecule has 0 amide bonds. The molecular formula is C21H14O6S. The molecule has 0 saturated carbocycles. The zero-order valence-electron chi connectivity index (χ0n) is 14.7. The third kappa shape index (κ3) is 3.60. The second-order valence-electron chi connectivity index (χ2n) is 5.73. The average molecular weight is 394 g/mol. The Hall–Kier alpha value is -3.58. The number of fused-ring (bicyclic) bond motifs is 1. The Bertz CT molecular complexity index is 1190. The molecule has 0 spiro atoms. The second-order valence-corrected chi connectivity index (χ2v) is 6.68. The Morgan fingerprint density at radius 1 is 1.00 bits per heavy atom. The van der Waals surface area contributed by atoms with E-state index in [4.69, 9.17) is 18.6 Å². The van der Waals surface area contributed by atoms with Gasteiger partial charge in [-0.05, 0) is 35.7 Å². The maximum atomic E-state index is 12.7. The predicted octanol–water partition coefficient (Wildman–Crippen LogP) is 4.87. The summed E-state index contributed by atoms with van der Waals surface area (Å²) >= 11 is 1.29. The number of carbonyl (C=O) groups is 1. The first kappa shape index (κ1) is 17.8. The summed E-state index contributed by atoms with van der Waals surface area (Å²) in [6, 6.07) is 14.9. The third-order valence-electron chi connectivity index (χ3n) is 3.92. The van der Waals surface area contributed by atoms with Crippen LogP contribution in [-0.2, 0) is 0 Å². The van der Waals surface area contributed by atoms with Crippen LogP contribution in [0.3, 0.4) is 0 Å². The van der Waals surface area contributed by atoms with Crippen LogP contribution >= 0.6 is 11.3 Å². The number of benzene rings is 2. The summed E-state index contributed by atoms with van der Waals surface area (Å²) in [5, 5.41) is 2.11. The van der Waals surface area contributed by atoms with Crippen LogP contribution in [0, 0.1) is 0 Å². The van der Waals surface area contributed by atoms with E-state index < -0.39 is 5.97 Å². The molecule has 0 bridgehead atoms. The highest BCUT2D eigenvalue weighted by Crippen LogP contribution is 2.26. The fourth-order valence-corrected chi connectivity index (χ4v) is 3.17. The van der Waals surface area contributed by atoms with E-state index >= 15 is 0 Å². The van der Waals surface area contributed by atoms with Gasteiger partial charge in [0.25, 0.3) is 0 Å². The maximum absolute atomic E-state index is 12.7. The molecule has 6 nitrogen and oxygen atoms in total. The van der Waals surface area contributed by atoms with Crippen molar-refractivity contribution in [2.24, 2.45) is 0 Å². The number of esters is 1. The summed E-state index contributed by atoms with van der Waals surface area (Å²) in [5.41, 5.74) is -0.0420. The molecular weight excluding hydrogens is 380 g/mol. The topological polar surface area (TPSA) is 75.0 Å². The van der Waals surface area contributed by atoms with Crippen molar-refractivity contribution in [3.05, 3.63) is 81.3 Å². The lowest BCUT2D eigenvalue weighted by Crippen LogP contribution is -2.07. The van der Waals surface area contributed by atoms with E-state index in [9.17, 15) is 9.59 Å². The van der Waals surface area contributed by atoms with Crippen LogP contribution in [0.2, 0.25) is 0 Å². The Morgan fingerprint density at radius 3 is 2.64 bits per heavy atom. The van der Waals surface area contributed by atoms with Crippen molar-refractivity contribution in [1.82, 2.24) is 0 Å². The van der Waals surface area contributed by atoms with E-state index in [1.54, 1.807) is 55.0 Å². The van der Waals surface area contributed by atoms with Crippen LogP contribution in [0.5, 0.6) is 23.0 Å². The second kappa shape index (κ2) is 7.58. The van der Waals surface area contributed by atoms with Crippen LogP contribution in [0.4, 0.5) is 0 Å². The lowest BCUT2D eigenvalue weighted by atomic mass is 10.2. The molecule has 0 N–H and O–H groups in total. The smallest absolute Gasteiger partial charge is 0.353 e. The summed E-state index contributed by atoms with van der Waals surface area (Å²) in [6.07, 6.45) is 1.23. The number of rotatable bonds is 5. The molecule has 0 unspecified atom stereocenters. The molecule has 0 radical (unpaired) electrons. The number of carbonyl (C=O) groups excluding carboxylic acids is 1. The summed E-state index contributed by atoms with van der Waals surface area (Å²) in [7, 11) is 1.55. The molecule has 0 aliphatic heterocycles. The zero-order valence-corrected chi connectivity index (χ0v) is 15.5. The third-order valence-corrected chi connectivity index (χ3v) is 4.77. The molecule has 0 fully saturated rings. The molecule has 2 aromatic heterocycles. The lowest BCUT2D eigenvalue weighted by molar-refractivity contribution is 0.0740. The Balaban J connectivity index is 1.61. The van der Waals surface area contributed by atoms with Gasteiger partial charge in [0.2, 0.25) is 11.2 Å². The van der Waals surface area contributed by atoms with Gasteiger partial charge in [0.05, 0.1) is 12.5 Å². The lowest BCUT2D eigenvalue weighted by Gasteiger charge is -2.08. The molecule has 140 valence electrons. The summed E-state index contributed by atoms with van der Waals surface area (Å²) in [6.45, 7) is 0. The Kier molecular flexibility index (Phi) is 4.82. The molecule has 0 aliphatic carbocycles. The standard InChI is InChI=1S/C21H14O6S/c1-24-13-4-2-5-14(10-13)26-18-12-25-17-11-15(7-8-16(17)20(18)22)27-21(23)19-6-3-9-28-19/h2-12H,1H3. The normalized spacial score (nSPS) is 10.6. The van der Waals surface area contributed by atoms with Crippen LogP contribution in [0.15, 0.2) is 75.5 Å². The molecule has 2 heterocycles. The predicted molar refractivity (Wildman–Crippen MR) is 105 cm³/mol. The largest absolute Gasteiger partial charge is 0.497 e. The van der Waals surface area contributed by atoms with Gasteiger partial charge in [0, 0.05) is 12.1 Å². The summed E-state index contributed by atoms with van der Waals surface area (Å²) in [4.78, 5) is 25.2. The molecule has 0 aliphatic rings. The van der Waals surface area contributed by atoms with Crippen LogP contribution < -0.4 is 19.6 Å². The number of hydrogen-bond acceptors (Lipinski definition) is 7. The van der Waals surface area contributed by atoms with E-state index in [1.165, 1.54) is 29.7 Å². The molecule has 2 aromatic carbocycles. The van der Waals surface area contributed by atoms with E-state index in [2.05, 4.69) is 0 Å². The maximum Gasteiger partial charge on any atom is 0.353 e. The first-order valence-electron chi connectivity index (χ1n) is 8.27. The SMILES string of the molecule is COc1cccc(Oc2coc3cc(OC(=O)c4cccs4)ccc3c2=O)c1. The average Bonchev–Trinajstić information content (AvgIpc) is 3.25.